The summed E-state index contributed by atoms with van der Waals surface area (Å²) in [5.74, 6) is 2.48. The molecule has 2 saturated heterocycles. The first kappa shape index (κ1) is 13.4. The van der Waals surface area contributed by atoms with Crippen molar-refractivity contribution in [3.8, 4) is 12.3 Å². The Labute approximate surface area is 109 Å². The normalized spacial score (nSPS) is 23.9. The quantitative estimate of drug-likeness (QED) is 0.738. The number of carbonyl (C=O) groups excluding carboxylic acids is 1. The van der Waals surface area contributed by atoms with Gasteiger partial charge in [0, 0.05) is 25.6 Å². The summed E-state index contributed by atoms with van der Waals surface area (Å²) in [5.41, 5.74) is 5.77. The van der Waals surface area contributed by atoms with Gasteiger partial charge in [0.2, 0.25) is 5.91 Å². The molecule has 4 heteroatoms. The predicted octanol–water partition coefficient (Wildman–Crippen LogP) is 0.424. The number of nitrogens with two attached hydrogens (primary N) is 1. The lowest BCUT2D eigenvalue weighted by atomic mass is 10.0. The van der Waals surface area contributed by atoms with Crippen LogP contribution in [0.4, 0.5) is 0 Å². The highest BCUT2D eigenvalue weighted by molar-refractivity contribution is 5.82. The van der Waals surface area contributed by atoms with Gasteiger partial charge in [0.1, 0.15) is 0 Å². The molecule has 1 atom stereocenters. The molecule has 2 N–H and O–H groups in total. The van der Waals surface area contributed by atoms with Crippen molar-refractivity contribution in [1.29, 1.82) is 0 Å². The first-order chi connectivity index (χ1) is 8.72. The molecule has 0 bridgehead atoms. The van der Waals surface area contributed by atoms with E-state index in [0.29, 0.717) is 12.5 Å². The molecule has 1 unspecified atom stereocenters. The molecule has 0 spiro atoms. The molecule has 2 fully saturated rings. The summed E-state index contributed by atoms with van der Waals surface area (Å²) in [6, 6.07) is 0.152. The van der Waals surface area contributed by atoms with E-state index in [9.17, 15) is 4.79 Å². The van der Waals surface area contributed by atoms with Crippen molar-refractivity contribution in [3.63, 3.8) is 0 Å². The zero-order valence-electron chi connectivity index (χ0n) is 11.0. The third-order valence-corrected chi connectivity index (χ3v) is 4.09. The number of amides is 1. The number of nitrogens with zero attached hydrogens (tertiary/aromatic N) is 2. The summed E-state index contributed by atoms with van der Waals surface area (Å²) in [4.78, 5) is 16.5. The van der Waals surface area contributed by atoms with Gasteiger partial charge in [-0.25, -0.2) is 0 Å². The number of likely N-dealkylation sites (tertiary alicyclic amines) is 2. The lowest BCUT2D eigenvalue weighted by Crippen LogP contribution is -2.50. The highest BCUT2D eigenvalue weighted by Crippen LogP contribution is 2.21. The van der Waals surface area contributed by atoms with Crippen molar-refractivity contribution in [1.82, 2.24) is 9.80 Å². The van der Waals surface area contributed by atoms with E-state index >= 15 is 0 Å². The summed E-state index contributed by atoms with van der Waals surface area (Å²) in [6.45, 7) is 4.13. The molecule has 1 amide bonds. The summed E-state index contributed by atoms with van der Waals surface area (Å²) in [5, 5.41) is 0. The molecule has 0 aromatic rings. The van der Waals surface area contributed by atoms with Crippen molar-refractivity contribution in [2.45, 2.75) is 44.2 Å². The van der Waals surface area contributed by atoms with Crippen LogP contribution in [0.25, 0.3) is 0 Å². The Kier molecular flexibility index (Phi) is 4.62. The first-order valence-corrected chi connectivity index (χ1v) is 6.94. The average Bonchev–Trinajstić information content (AvgIpc) is 2.92. The maximum absolute atomic E-state index is 12.0. The summed E-state index contributed by atoms with van der Waals surface area (Å²) < 4.78 is 0. The van der Waals surface area contributed by atoms with Gasteiger partial charge in [-0.2, -0.15) is 0 Å². The molecular weight excluding hydrogens is 226 g/mol. The number of terminal acetylenes is 1. The lowest BCUT2D eigenvalue weighted by Gasteiger charge is -2.37. The molecule has 0 aromatic carbocycles. The maximum atomic E-state index is 12.0. The van der Waals surface area contributed by atoms with Crippen molar-refractivity contribution < 1.29 is 4.79 Å². The Morgan fingerprint density at radius 3 is 2.44 bits per heavy atom. The highest BCUT2D eigenvalue weighted by Gasteiger charge is 2.29. The first-order valence-electron chi connectivity index (χ1n) is 6.94. The Hall–Kier alpha value is -1.05. The molecule has 2 rings (SSSR count). The van der Waals surface area contributed by atoms with E-state index in [2.05, 4.69) is 10.8 Å². The summed E-state index contributed by atoms with van der Waals surface area (Å²) in [7, 11) is 0. The van der Waals surface area contributed by atoms with E-state index in [0.717, 1.165) is 25.9 Å². The molecular formula is C14H23N3O. The second-order valence-corrected chi connectivity index (χ2v) is 5.31. The Balaban J connectivity index is 1.79. The standard InChI is InChI=1S/C14H23N3O/c1-2-5-13(15)14(18)17-10-6-12(7-11-17)16-8-3-4-9-16/h1,12-13H,3-11,15H2. The van der Waals surface area contributed by atoms with Gasteiger partial charge < -0.3 is 15.5 Å². The molecule has 0 aliphatic carbocycles. The number of hydrogen-bond acceptors (Lipinski definition) is 3. The Morgan fingerprint density at radius 2 is 1.89 bits per heavy atom. The number of rotatable bonds is 3. The van der Waals surface area contributed by atoms with Gasteiger partial charge in [-0.1, -0.05) is 0 Å². The van der Waals surface area contributed by atoms with Crippen molar-refractivity contribution in [2.75, 3.05) is 26.2 Å². The van der Waals surface area contributed by atoms with Gasteiger partial charge in [0.05, 0.1) is 6.04 Å². The Bertz CT molecular complexity index is 322. The molecule has 2 aliphatic rings. The highest BCUT2D eigenvalue weighted by atomic mass is 16.2. The monoisotopic (exact) mass is 249 g/mol. The second-order valence-electron chi connectivity index (χ2n) is 5.31. The molecule has 2 heterocycles. The molecule has 2 aliphatic heterocycles. The van der Waals surface area contributed by atoms with E-state index in [1.54, 1.807) is 0 Å². The van der Waals surface area contributed by atoms with Crippen LogP contribution in [0.15, 0.2) is 0 Å². The van der Waals surface area contributed by atoms with Crippen molar-refractivity contribution in [2.24, 2.45) is 5.73 Å². The Morgan fingerprint density at radius 1 is 1.28 bits per heavy atom. The molecule has 0 radical (unpaired) electrons. The summed E-state index contributed by atoms with van der Waals surface area (Å²) in [6.07, 6.45) is 10.3. The molecule has 0 saturated carbocycles. The second kappa shape index (κ2) is 6.21. The molecule has 0 aromatic heterocycles. The zero-order chi connectivity index (χ0) is 13.0. The average molecular weight is 249 g/mol. The van der Waals surface area contributed by atoms with Crippen LogP contribution in [-0.2, 0) is 4.79 Å². The minimum Gasteiger partial charge on any atom is -0.341 e. The van der Waals surface area contributed by atoms with Gasteiger partial charge in [-0.05, 0) is 38.8 Å². The van der Waals surface area contributed by atoms with Crippen LogP contribution < -0.4 is 5.73 Å². The number of carbonyl (C=O) groups is 1. The van der Waals surface area contributed by atoms with Crippen LogP contribution >= 0.6 is 0 Å². The third-order valence-electron chi connectivity index (χ3n) is 4.09. The number of hydrogen-bond donors (Lipinski definition) is 1. The van der Waals surface area contributed by atoms with E-state index in [1.165, 1.54) is 25.9 Å². The number of piperidine rings is 1. The topological polar surface area (TPSA) is 49.6 Å². The van der Waals surface area contributed by atoms with Crippen LogP contribution in [0.5, 0.6) is 0 Å². The van der Waals surface area contributed by atoms with E-state index in [-0.39, 0.29) is 5.91 Å². The smallest absolute Gasteiger partial charge is 0.240 e. The van der Waals surface area contributed by atoms with Gasteiger partial charge >= 0.3 is 0 Å². The fourth-order valence-electron chi connectivity index (χ4n) is 3.01. The van der Waals surface area contributed by atoms with Gasteiger partial charge in [0.25, 0.3) is 0 Å². The van der Waals surface area contributed by atoms with Crippen LogP contribution in [0.1, 0.15) is 32.1 Å². The predicted molar refractivity (Wildman–Crippen MR) is 71.8 cm³/mol. The molecule has 18 heavy (non-hydrogen) atoms. The van der Waals surface area contributed by atoms with Crippen LogP contribution in [0, 0.1) is 12.3 Å². The summed E-state index contributed by atoms with van der Waals surface area (Å²) >= 11 is 0. The van der Waals surface area contributed by atoms with Gasteiger partial charge in [0.15, 0.2) is 0 Å². The van der Waals surface area contributed by atoms with Crippen molar-refractivity contribution >= 4 is 5.91 Å². The SMILES string of the molecule is C#CCC(N)C(=O)N1CCC(N2CCCC2)CC1. The lowest BCUT2D eigenvalue weighted by molar-refractivity contribution is -0.134. The fraction of sp³-hybridized carbons (Fsp3) is 0.786. The van der Waals surface area contributed by atoms with Crippen molar-refractivity contribution in [3.05, 3.63) is 0 Å². The van der Waals surface area contributed by atoms with Crippen LogP contribution in [-0.4, -0.2) is 54.0 Å². The van der Waals surface area contributed by atoms with E-state index in [4.69, 9.17) is 12.2 Å². The minimum absolute atomic E-state index is 0.0211. The largest absolute Gasteiger partial charge is 0.341 e. The third kappa shape index (κ3) is 3.04. The molecule has 100 valence electrons. The fourth-order valence-corrected chi connectivity index (χ4v) is 3.01. The minimum atomic E-state index is -0.515. The maximum Gasteiger partial charge on any atom is 0.240 e. The van der Waals surface area contributed by atoms with E-state index < -0.39 is 6.04 Å². The van der Waals surface area contributed by atoms with Crippen LogP contribution in [0.2, 0.25) is 0 Å². The molecule has 4 nitrogen and oxygen atoms in total. The van der Waals surface area contributed by atoms with Gasteiger partial charge in [-0.3, -0.25) is 4.79 Å². The zero-order valence-corrected chi connectivity index (χ0v) is 11.0. The van der Waals surface area contributed by atoms with E-state index in [1.807, 2.05) is 4.90 Å². The van der Waals surface area contributed by atoms with Crippen LogP contribution in [0.3, 0.4) is 0 Å². The van der Waals surface area contributed by atoms with Gasteiger partial charge in [-0.15, -0.1) is 12.3 Å².